The van der Waals surface area contributed by atoms with Crippen molar-refractivity contribution in [3.63, 3.8) is 0 Å². The van der Waals surface area contributed by atoms with E-state index in [1.165, 1.54) is 51.7 Å². The van der Waals surface area contributed by atoms with Gasteiger partial charge in [0.05, 0.1) is 22.9 Å². The Bertz CT molecular complexity index is 2330. The molecule has 0 aliphatic rings. The highest BCUT2D eigenvalue weighted by molar-refractivity contribution is 6.09. The van der Waals surface area contributed by atoms with E-state index in [-0.39, 0.29) is 5.82 Å². The van der Waals surface area contributed by atoms with Crippen molar-refractivity contribution in [2.75, 3.05) is 0 Å². The van der Waals surface area contributed by atoms with Crippen LogP contribution in [-0.2, 0) is 12.8 Å². The molecule has 6 heteroatoms. The van der Waals surface area contributed by atoms with Crippen LogP contribution in [-0.4, -0.2) is 19.3 Å². The molecule has 0 aliphatic carbocycles. The lowest BCUT2D eigenvalue weighted by Crippen LogP contribution is -2.11. The summed E-state index contributed by atoms with van der Waals surface area (Å²) in [7, 11) is 0. The summed E-state index contributed by atoms with van der Waals surface area (Å²) in [6, 6.07) is 25.0. The zero-order valence-electron chi connectivity index (χ0n) is 30.8. The van der Waals surface area contributed by atoms with Crippen molar-refractivity contribution in [1.29, 1.82) is 0 Å². The van der Waals surface area contributed by atoms with E-state index in [0.717, 1.165) is 58.7 Å². The Morgan fingerprint density at radius 2 is 1.41 bits per heavy atom. The molecular weight excluding hydrogens is 632 g/mol. The highest BCUT2D eigenvalue weighted by Gasteiger charge is 2.23. The van der Waals surface area contributed by atoms with E-state index < -0.39 is 0 Å². The maximum absolute atomic E-state index is 14.3. The molecule has 3 heterocycles. The number of nitrogens with zero attached hydrogens (tertiary/aromatic N) is 4. The first-order chi connectivity index (χ1) is 24.7. The van der Waals surface area contributed by atoms with Crippen molar-refractivity contribution in [2.24, 2.45) is 11.8 Å². The number of ether oxygens (including phenoxy) is 1. The molecule has 0 amide bonds. The number of hydrogen-bond donors (Lipinski definition) is 0. The molecule has 2 atom stereocenters. The topological polar surface area (TPSA) is 44.9 Å². The van der Waals surface area contributed by atoms with E-state index in [2.05, 4.69) is 77.8 Å². The molecule has 0 spiro atoms. The second kappa shape index (κ2) is 14.2. The predicted octanol–water partition coefficient (Wildman–Crippen LogP) is 12.1. The largest absolute Gasteiger partial charge is 0.457 e. The highest BCUT2D eigenvalue weighted by atomic mass is 19.1. The van der Waals surface area contributed by atoms with Crippen LogP contribution in [0.1, 0.15) is 68.4 Å². The van der Waals surface area contributed by atoms with Crippen LogP contribution >= 0.6 is 0 Å². The van der Waals surface area contributed by atoms with Gasteiger partial charge in [-0.05, 0) is 115 Å². The first kappa shape index (κ1) is 34.2. The van der Waals surface area contributed by atoms with Crippen molar-refractivity contribution in [2.45, 2.75) is 74.1 Å². The molecule has 0 radical (unpaired) electrons. The van der Waals surface area contributed by atoms with Gasteiger partial charge in [-0.25, -0.2) is 14.1 Å². The Labute approximate surface area is 300 Å². The van der Waals surface area contributed by atoms with Gasteiger partial charge < -0.3 is 4.74 Å². The fraction of sp³-hybridized carbons (Fsp3) is 0.289. The van der Waals surface area contributed by atoms with E-state index in [4.69, 9.17) is 9.84 Å². The van der Waals surface area contributed by atoms with Crippen molar-refractivity contribution in [1.82, 2.24) is 19.3 Å². The van der Waals surface area contributed by atoms with Crippen molar-refractivity contribution < 1.29 is 9.13 Å². The van der Waals surface area contributed by atoms with Gasteiger partial charge in [0.25, 0.3) is 0 Å². The van der Waals surface area contributed by atoms with Gasteiger partial charge in [-0.1, -0.05) is 64.8 Å². The molecule has 260 valence electrons. The van der Waals surface area contributed by atoms with E-state index >= 15 is 0 Å². The number of aromatic nitrogens is 4. The second-order valence-corrected chi connectivity index (χ2v) is 14.3. The first-order valence-electron chi connectivity index (χ1n) is 18.3. The third-order valence-electron chi connectivity index (χ3n) is 10.9. The van der Waals surface area contributed by atoms with Crippen LogP contribution in [0, 0.1) is 38.4 Å². The summed E-state index contributed by atoms with van der Waals surface area (Å²) in [6.45, 7) is 16.2. The number of pyridine rings is 1. The monoisotopic (exact) mass is 678 g/mol. The van der Waals surface area contributed by atoms with Gasteiger partial charge in [0, 0.05) is 46.9 Å². The molecular formula is C45H47FN4O. The Balaban J connectivity index is 1.26. The molecule has 0 bridgehead atoms. The minimum Gasteiger partial charge on any atom is -0.457 e. The van der Waals surface area contributed by atoms with Crippen LogP contribution in [0.5, 0.6) is 11.5 Å². The summed E-state index contributed by atoms with van der Waals surface area (Å²) in [5.74, 6) is 2.76. The van der Waals surface area contributed by atoms with E-state index in [1.807, 2.05) is 64.0 Å². The fourth-order valence-electron chi connectivity index (χ4n) is 7.33. The number of halogens is 1. The Hall–Kier alpha value is -5.23. The summed E-state index contributed by atoms with van der Waals surface area (Å²) < 4.78 is 24.8. The SMILES string of the molecule is CCC(C)Cc1c(C)c(C)c(C)c(CC(C)CC)c1-c1cnn(-c2cccc(Oc3ccc4c5ccccc5n(-c5cc(F)ccn5)c4c3)c2)c1. The number of hydrogen-bond acceptors (Lipinski definition) is 3. The van der Waals surface area contributed by atoms with Gasteiger partial charge in [0.1, 0.15) is 23.1 Å². The molecule has 51 heavy (non-hydrogen) atoms. The van der Waals surface area contributed by atoms with Crippen LogP contribution < -0.4 is 4.74 Å². The standard InChI is InChI=1S/C45H47FN4O/c1-8-28(3)21-40-31(6)30(5)32(7)41(22-29(4)9-2)45(40)33-26-48-49(27-33)35-13-12-14-36(24-35)51-37-17-18-39-38-15-10-11-16-42(38)50(43(39)25-37)44-23-34(46)19-20-47-44/h10-20,23-29H,8-9,21-22H2,1-7H3. The quantitative estimate of drug-likeness (QED) is 0.137. The van der Waals surface area contributed by atoms with Gasteiger partial charge in [-0.3, -0.25) is 4.57 Å². The van der Waals surface area contributed by atoms with E-state index in [9.17, 15) is 4.39 Å². The van der Waals surface area contributed by atoms with Gasteiger partial charge in [-0.15, -0.1) is 0 Å². The fourth-order valence-corrected chi connectivity index (χ4v) is 7.33. The molecule has 7 rings (SSSR count). The van der Waals surface area contributed by atoms with Gasteiger partial charge in [0.2, 0.25) is 0 Å². The normalized spacial score (nSPS) is 12.9. The number of para-hydroxylation sites is 1. The average Bonchev–Trinajstić information content (AvgIpc) is 3.76. The minimum absolute atomic E-state index is 0.330. The predicted molar refractivity (Wildman–Crippen MR) is 208 cm³/mol. The molecule has 0 aliphatic heterocycles. The van der Waals surface area contributed by atoms with Crippen LogP contribution in [0.4, 0.5) is 4.39 Å². The third kappa shape index (κ3) is 6.56. The van der Waals surface area contributed by atoms with Crippen molar-refractivity contribution in [3.05, 3.63) is 131 Å². The lowest BCUT2D eigenvalue weighted by molar-refractivity contribution is 0.483. The average molecular weight is 679 g/mol. The molecule has 0 saturated carbocycles. The van der Waals surface area contributed by atoms with E-state index in [1.54, 1.807) is 0 Å². The smallest absolute Gasteiger partial charge is 0.140 e. The molecule has 3 aromatic heterocycles. The maximum atomic E-state index is 14.3. The van der Waals surface area contributed by atoms with Gasteiger partial charge >= 0.3 is 0 Å². The lowest BCUT2D eigenvalue weighted by Gasteiger charge is -2.25. The molecule has 5 nitrogen and oxygen atoms in total. The second-order valence-electron chi connectivity index (χ2n) is 14.3. The molecule has 7 aromatic rings. The van der Waals surface area contributed by atoms with Crippen molar-refractivity contribution >= 4 is 21.8 Å². The Morgan fingerprint density at radius 3 is 2.12 bits per heavy atom. The minimum atomic E-state index is -0.330. The molecule has 2 unspecified atom stereocenters. The maximum Gasteiger partial charge on any atom is 0.140 e. The molecule has 0 N–H and O–H groups in total. The first-order valence-corrected chi connectivity index (χ1v) is 18.3. The van der Waals surface area contributed by atoms with Crippen LogP contribution in [0.2, 0.25) is 0 Å². The van der Waals surface area contributed by atoms with Gasteiger partial charge in [-0.2, -0.15) is 5.10 Å². The summed E-state index contributed by atoms with van der Waals surface area (Å²) in [6.07, 6.45) is 10.1. The molecule has 4 aromatic carbocycles. The molecule has 0 fully saturated rings. The van der Waals surface area contributed by atoms with Crippen molar-refractivity contribution in [3.8, 4) is 34.1 Å². The van der Waals surface area contributed by atoms with Crippen LogP contribution in [0.25, 0.3) is 44.4 Å². The summed E-state index contributed by atoms with van der Waals surface area (Å²) in [5, 5.41) is 7.03. The Morgan fingerprint density at radius 1 is 0.725 bits per heavy atom. The molecule has 0 saturated heterocycles. The zero-order chi connectivity index (χ0) is 35.8. The van der Waals surface area contributed by atoms with E-state index in [0.29, 0.717) is 29.2 Å². The summed E-state index contributed by atoms with van der Waals surface area (Å²) >= 11 is 0. The lowest BCUT2D eigenvalue weighted by atomic mass is 9.79. The number of fused-ring (bicyclic) bond motifs is 3. The number of benzene rings is 4. The third-order valence-corrected chi connectivity index (χ3v) is 10.9. The summed E-state index contributed by atoms with van der Waals surface area (Å²) in [4.78, 5) is 4.50. The summed E-state index contributed by atoms with van der Waals surface area (Å²) in [5.41, 5.74) is 12.4. The van der Waals surface area contributed by atoms with Gasteiger partial charge in [0.15, 0.2) is 0 Å². The van der Waals surface area contributed by atoms with Crippen LogP contribution in [0.15, 0.2) is 97.5 Å². The van der Waals surface area contributed by atoms with Crippen LogP contribution in [0.3, 0.4) is 0 Å². The Kier molecular flexibility index (Phi) is 9.52. The number of rotatable bonds is 11. The highest BCUT2D eigenvalue weighted by Crippen LogP contribution is 2.39. The zero-order valence-corrected chi connectivity index (χ0v) is 30.8.